The lowest BCUT2D eigenvalue weighted by atomic mass is 9.98. The van der Waals surface area contributed by atoms with E-state index >= 15 is 0 Å². The van der Waals surface area contributed by atoms with Gasteiger partial charge in [-0.15, -0.1) is 0 Å². The molecule has 0 radical (unpaired) electrons. The van der Waals surface area contributed by atoms with Crippen molar-refractivity contribution in [1.82, 2.24) is 9.71 Å². The molecule has 1 aromatic heterocycles. The number of sulfonamides is 1. The SMILES string of the molecule is CS(=O)(=O)NCC1CCCN(c2ncccc2Cl)C1. The van der Waals surface area contributed by atoms with Gasteiger partial charge >= 0.3 is 0 Å². The van der Waals surface area contributed by atoms with Gasteiger partial charge in [-0.3, -0.25) is 0 Å². The molecule has 2 heterocycles. The standard InChI is InChI=1S/C12H18ClN3O2S/c1-19(17,18)15-8-10-4-3-7-16(9-10)12-11(13)5-2-6-14-12/h2,5-6,10,15H,3-4,7-9H2,1H3. The van der Waals surface area contributed by atoms with Crippen molar-refractivity contribution in [2.45, 2.75) is 12.8 Å². The van der Waals surface area contributed by atoms with E-state index in [1.807, 2.05) is 6.07 Å². The first-order chi connectivity index (χ1) is 8.96. The second kappa shape index (κ2) is 6.07. The number of nitrogens with zero attached hydrogens (tertiary/aromatic N) is 2. The molecule has 0 amide bonds. The third-order valence-electron chi connectivity index (χ3n) is 3.19. The summed E-state index contributed by atoms with van der Waals surface area (Å²) in [4.78, 5) is 6.43. The van der Waals surface area contributed by atoms with Crippen molar-refractivity contribution in [3.05, 3.63) is 23.4 Å². The number of halogens is 1. The van der Waals surface area contributed by atoms with Gasteiger partial charge in [-0.25, -0.2) is 18.1 Å². The lowest BCUT2D eigenvalue weighted by molar-refractivity contribution is 0.409. The summed E-state index contributed by atoms with van der Waals surface area (Å²) in [5.41, 5.74) is 0. The fourth-order valence-corrected chi connectivity index (χ4v) is 3.08. The molecule has 1 atom stereocenters. The van der Waals surface area contributed by atoms with Crippen LogP contribution in [0.5, 0.6) is 0 Å². The topological polar surface area (TPSA) is 62.3 Å². The van der Waals surface area contributed by atoms with E-state index in [9.17, 15) is 8.42 Å². The summed E-state index contributed by atoms with van der Waals surface area (Å²) in [6.07, 6.45) is 4.94. The fourth-order valence-electron chi connectivity index (χ4n) is 2.30. The Bertz CT molecular complexity index is 536. The Morgan fingerprint density at radius 3 is 3.05 bits per heavy atom. The molecule has 106 valence electrons. The lowest BCUT2D eigenvalue weighted by Crippen LogP contribution is -2.41. The van der Waals surface area contributed by atoms with E-state index in [2.05, 4.69) is 14.6 Å². The van der Waals surface area contributed by atoms with Crippen LogP contribution in [0.3, 0.4) is 0 Å². The van der Waals surface area contributed by atoms with Crippen LogP contribution in [0.1, 0.15) is 12.8 Å². The highest BCUT2D eigenvalue weighted by Gasteiger charge is 2.22. The largest absolute Gasteiger partial charge is 0.355 e. The number of anilines is 1. The third-order valence-corrected chi connectivity index (χ3v) is 4.18. The van der Waals surface area contributed by atoms with Crippen molar-refractivity contribution >= 4 is 27.4 Å². The Balaban J connectivity index is 1.99. The highest BCUT2D eigenvalue weighted by molar-refractivity contribution is 7.88. The smallest absolute Gasteiger partial charge is 0.208 e. The minimum absolute atomic E-state index is 0.293. The van der Waals surface area contributed by atoms with E-state index in [1.54, 1.807) is 12.3 Å². The number of aromatic nitrogens is 1. The summed E-state index contributed by atoms with van der Waals surface area (Å²) >= 11 is 6.14. The van der Waals surface area contributed by atoms with E-state index in [4.69, 9.17) is 11.6 Å². The summed E-state index contributed by atoms with van der Waals surface area (Å²) in [5.74, 6) is 1.08. The summed E-state index contributed by atoms with van der Waals surface area (Å²) in [6, 6.07) is 3.63. The summed E-state index contributed by atoms with van der Waals surface area (Å²) in [5, 5.41) is 0.638. The molecule has 0 aromatic carbocycles. The van der Waals surface area contributed by atoms with Gasteiger partial charge in [0, 0.05) is 25.8 Å². The Morgan fingerprint density at radius 2 is 2.37 bits per heavy atom. The minimum Gasteiger partial charge on any atom is -0.355 e. The second-order valence-corrected chi connectivity index (χ2v) is 7.12. The van der Waals surface area contributed by atoms with E-state index in [0.717, 1.165) is 31.7 Å². The highest BCUT2D eigenvalue weighted by Crippen LogP contribution is 2.27. The van der Waals surface area contributed by atoms with Crippen molar-refractivity contribution in [2.24, 2.45) is 5.92 Å². The molecule has 1 N–H and O–H groups in total. The lowest BCUT2D eigenvalue weighted by Gasteiger charge is -2.33. The van der Waals surface area contributed by atoms with E-state index < -0.39 is 10.0 Å². The summed E-state index contributed by atoms with van der Waals surface area (Å²) in [7, 11) is -3.12. The van der Waals surface area contributed by atoms with Crippen molar-refractivity contribution in [3.63, 3.8) is 0 Å². The Labute approximate surface area is 119 Å². The number of hydrogen-bond donors (Lipinski definition) is 1. The molecule has 19 heavy (non-hydrogen) atoms. The van der Waals surface area contributed by atoms with Gasteiger partial charge in [0.15, 0.2) is 0 Å². The maximum atomic E-state index is 11.1. The fraction of sp³-hybridized carbons (Fsp3) is 0.583. The number of hydrogen-bond acceptors (Lipinski definition) is 4. The monoisotopic (exact) mass is 303 g/mol. The minimum atomic E-state index is -3.12. The summed E-state index contributed by atoms with van der Waals surface area (Å²) < 4.78 is 24.8. The Hall–Kier alpha value is -0.850. The van der Waals surface area contributed by atoms with Gasteiger partial charge in [0.05, 0.1) is 11.3 Å². The molecule has 1 aliphatic rings. The van der Waals surface area contributed by atoms with Crippen LogP contribution in [0.15, 0.2) is 18.3 Å². The average Bonchev–Trinajstić information content (AvgIpc) is 2.36. The molecule has 1 fully saturated rings. The number of pyridine rings is 1. The molecule has 1 aliphatic heterocycles. The molecular formula is C12H18ClN3O2S. The first-order valence-electron chi connectivity index (χ1n) is 6.26. The zero-order chi connectivity index (χ0) is 13.9. The van der Waals surface area contributed by atoms with Crippen LogP contribution in [0.4, 0.5) is 5.82 Å². The molecule has 1 aromatic rings. The quantitative estimate of drug-likeness (QED) is 0.915. The maximum Gasteiger partial charge on any atom is 0.208 e. The van der Waals surface area contributed by atoms with Gasteiger partial charge in [-0.1, -0.05) is 11.6 Å². The third kappa shape index (κ3) is 4.33. The zero-order valence-corrected chi connectivity index (χ0v) is 12.4. The molecule has 2 rings (SSSR count). The first kappa shape index (κ1) is 14.6. The predicted octanol–water partition coefficient (Wildman–Crippen LogP) is 1.50. The molecule has 5 nitrogen and oxygen atoms in total. The molecule has 1 saturated heterocycles. The van der Waals surface area contributed by atoms with Crippen LogP contribution in [0.25, 0.3) is 0 Å². The Kier molecular flexibility index (Phi) is 4.65. The highest BCUT2D eigenvalue weighted by atomic mass is 35.5. The molecule has 0 spiro atoms. The van der Waals surface area contributed by atoms with Crippen molar-refractivity contribution in [3.8, 4) is 0 Å². The molecular weight excluding hydrogens is 286 g/mol. The van der Waals surface area contributed by atoms with Gasteiger partial charge in [0.25, 0.3) is 0 Å². The van der Waals surface area contributed by atoms with Gasteiger partial charge in [-0.05, 0) is 30.9 Å². The Morgan fingerprint density at radius 1 is 1.58 bits per heavy atom. The second-order valence-electron chi connectivity index (χ2n) is 4.88. The van der Waals surface area contributed by atoms with Crippen LogP contribution in [-0.4, -0.2) is 39.3 Å². The first-order valence-corrected chi connectivity index (χ1v) is 8.53. The molecule has 7 heteroatoms. The van der Waals surface area contributed by atoms with E-state index in [0.29, 0.717) is 17.5 Å². The maximum absolute atomic E-state index is 11.1. The van der Waals surface area contributed by atoms with Crippen molar-refractivity contribution in [2.75, 3.05) is 30.8 Å². The van der Waals surface area contributed by atoms with Crippen LogP contribution in [0.2, 0.25) is 5.02 Å². The van der Waals surface area contributed by atoms with E-state index in [1.165, 1.54) is 6.26 Å². The number of nitrogens with one attached hydrogen (secondary N) is 1. The number of rotatable bonds is 4. The summed E-state index contributed by atoms with van der Waals surface area (Å²) in [6.45, 7) is 2.16. The average molecular weight is 304 g/mol. The molecule has 0 bridgehead atoms. The van der Waals surface area contributed by atoms with Crippen LogP contribution in [-0.2, 0) is 10.0 Å². The van der Waals surface area contributed by atoms with Crippen LogP contribution < -0.4 is 9.62 Å². The number of piperidine rings is 1. The van der Waals surface area contributed by atoms with Gasteiger partial charge in [0.2, 0.25) is 10.0 Å². The zero-order valence-electron chi connectivity index (χ0n) is 10.8. The van der Waals surface area contributed by atoms with Crippen LogP contribution in [0, 0.1) is 5.92 Å². The van der Waals surface area contributed by atoms with E-state index in [-0.39, 0.29) is 0 Å². The molecule has 0 aliphatic carbocycles. The molecule has 0 saturated carbocycles. The normalized spacial score (nSPS) is 20.5. The molecule has 1 unspecified atom stereocenters. The van der Waals surface area contributed by atoms with Crippen molar-refractivity contribution in [1.29, 1.82) is 0 Å². The van der Waals surface area contributed by atoms with Gasteiger partial charge in [-0.2, -0.15) is 0 Å². The van der Waals surface area contributed by atoms with Gasteiger partial charge in [0.1, 0.15) is 5.82 Å². The van der Waals surface area contributed by atoms with Crippen molar-refractivity contribution < 1.29 is 8.42 Å². The predicted molar refractivity (Wildman–Crippen MR) is 77.0 cm³/mol. The van der Waals surface area contributed by atoms with Crippen LogP contribution >= 0.6 is 11.6 Å². The van der Waals surface area contributed by atoms with Gasteiger partial charge < -0.3 is 4.90 Å².